The van der Waals surface area contributed by atoms with Crippen LogP contribution in [0.3, 0.4) is 0 Å². The van der Waals surface area contributed by atoms with E-state index >= 15 is 0 Å². The molecule has 0 bridgehead atoms. The molecule has 0 radical (unpaired) electrons. The lowest BCUT2D eigenvalue weighted by Crippen LogP contribution is -2.57. The third-order valence-corrected chi connectivity index (χ3v) is 3.89. The molecule has 0 atom stereocenters. The van der Waals surface area contributed by atoms with Crippen LogP contribution in [0.2, 0.25) is 0 Å². The first-order valence-electron chi connectivity index (χ1n) is 8.45. The summed E-state index contributed by atoms with van der Waals surface area (Å²) in [6, 6.07) is 4.61. The molecule has 1 amide bonds. The van der Waals surface area contributed by atoms with E-state index in [0.29, 0.717) is 18.8 Å². The fraction of sp³-hybridized carbons (Fsp3) is 0.611. The van der Waals surface area contributed by atoms with Crippen molar-refractivity contribution in [2.45, 2.75) is 58.8 Å². The maximum Gasteiger partial charge on any atom is 0.293 e. The van der Waals surface area contributed by atoms with Crippen LogP contribution in [0.25, 0.3) is 0 Å². The van der Waals surface area contributed by atoms with Crippen molar-refractivity contribution in [1.82, 2.24) is 5.32 Å². The van der Waals surface area contributed by atoms with Crippen molar-refractivity contribution in [3.05, 3.63) is 33.9 Å². The van der Waals surface area contributed by atoms with Crippen molar-refractivity contribution in [3.8, 4) is 0 Å². The Balaban J connectivity index is 2.41. The molecule has 2 rings (SSSR count). The first-order valence-corrected chi connectivity index (χ1v) is 8.45. The van der Waals surface area contributed by atoms with Crippen LogP contribution in [0.1, 0.15) is 51.9 Å². The number of amides is 1. The maximum absolute atomic E-state index is 12.2. The molecule has 1 aromatic rings. The highest BCUT2D eigenvalue weighted by Crippen LogP contribution is 2.36. The van der Waals surface area contributed by atoms with Crippen molar-refractivity contribution in [1.29, 1.82) is 0 Å². The molecule has 1 N–H and O–H groups in total. The fourth-order valence-corrected chi connectivity index (χ4v) is 3.38. The Kier molecular flexibility index (Phi) is 5.09. The lowest BCUT2D eigenvalue weighted by atomic mass is 9.97. The molecule has 7 nitrogen and oxygen atoms in total. The van der Waals surface area contributed by atoms with Crippen molar-refractivity contribution >= 4 is 17.3 Å². The number of morpholine rings is 1. The van der Waals surface area contributed by atoms with E-state index in [1.54, 1.807) is 12.1 Å². The molecule has 138 valence electrons. The van der Waals surface area contributed by atoms with E-state index in [4.69, 9.17) is 4.74 Å². The molecule has 0 spiro atoms. The van der Waals surface area contributed by atoms with E-state index in [1.165, 1.54) is 6.07 Å². The minimum absolute atomic E-state index is 0.0351. The third-order valence-electron chi connectivity index (χ3n) is 3.89. The van der Waals surface area contributed by atoms with Gasteiger partial charge in [-0.25, -0.2) is 0 Å². The average Bonchev–Trinajstić information content (AvgIpc) is 2.42. The van der Waals surface area contributed by atoms with Crippen LogP contribution in [-0.2, 0) is 4.74 Å². The number of nitrogens with one attached hydrogen (secondary N) is 1. The van der Waals surface area contributed by atoms with E-state index in [2.05, 4.69) is 5.32 Å². The van der Waals surface area contributed by atoms with Gasteiger partial charge in [0.2, 0.25) is 0 Å². The number of nitro benzene ring substituents is 1. The van der Waals surface area contributed by atoms with E-state index < -0.39 is 16.1 Å². The minimum Gasteiger partial charge on any atom is -0.366 e. The first-order chi connectivity index (χ1) is 11.4. The number of hydrogen-bond donors (Lipinski definition) is 1. The zero-order chi connectivity index (χ0) is 19.0. The number of carbonyl (C=O) groups is 1. The van der Waals surface area contributed by atoms with Gasteiger partial charge in [-0.1, -0.05) is 0 Å². The molecule has 1 saturated heterocycles. The largest absolute Gasteiger partial charge is 0.366 e. The molecule has 7 heteroatoms. The van der Waals surface area contributed by atoms with E-state index in [9.17, 15) is 14.9 Å². The summed E-state index contributed by atoms with van der Waals surface area (Å²) in [5, 5.41) is 14.4. The molecule has 0 unspecified atom stereocenters. The van der Waals surface area contributed by atoms with Crippen LogP contribution in [0.15, 0.2) is 18.2 Å². The van der Waals surface area contributed by atoms with Crippen LogP contribution >= 0.6 is 0 Å². The van der Waals surface area contributed by atoms with E-state index in [0.717, 1.165) is 0 Å². The zero-order valence-corrected chi connectivity index (χ0v) is 15.8. The van der Waals surface area contributed by atoms with Crippen LogP contribution in [0.5, 0.6) is 0 Å². The molecular weight excluding hydrogens is 322 g/mol. The second kappa shape index (κ2) is 6.63. The molecule has 1 heterocycles. The maximum atomic E-state index is 12.2. The highest BCUT2D eigenvalue weighted by atomic mass is 16.6. The van der Waals surface area contributed by atoms with Crippen LogP contribution in [0.4, 0.5) is 11.4 Å². The highest BCUT2D eigenvalue weighted by molar-refractivity contribution is 5.96. The lowest BCUT2D eigenvalue weighted by Gasteiger charge is -2.47. The Hall–Kier alpha value is -2.15. The van der Waals surface area contributed by atoms with Gasteiger partial charge in [0.25, 0.3) is 11.6 Å². The van der Waals surface area contributed by atoms with Gasteiger partial charge in [0, 0.05) is 30.8 Å². The number of hydrogen-bond acceptors (Lipinski definition) is 5. The molecule has 1 aliphatic rings. The summed E-state index contributed by atoms with van der Waals surface area (Å²) < 4.78 is 6.04. The van der Waals surface area contributed by atoms with Crippen LogP contribution < -0.4 is 10.2 Å². The summed E-state index contributed by atoms with van der Waals surface area (Å²) in [6.45, 7) is 12.6. The molecule has 25 heavy (non-hydrogen) atoms. The Morgan fingerprint density at radius 3 is 2.28 bits per heavy atom. The summed E-state index contributed by atoms with van der Waals surface area (Å²) in [6.07, 6.45) is 0. The topological polar surface area (TPSA) is 84.7 Å². The van der Waals surface area contributed by atoms with Crippen molar-refractivity contribution in [3.63, 3.8) is 0 Å². The fourth-order valence-electron chi connectivity index (χ4n) is 3.38. The van der Waals surface area contributed by atoms with Crippen molar-refractivity contribution in [2.24, 2.45) is 0 Å². The molecule has 1 aliphatic heterocycles. The van der Waals surface area contributed by atoms with Gasteiger partial charge >= 0.3 is 0 Å². The van der Waals surface area contributed by atoms with Crippen molar-refractivity contribution < 1.29 is 14.5 Å². The smallest absolute Gasteiger partial charge is 0.293 e. The average molecular weight is 349 g/mol. The van der Waals surface area contributed by atoms with Gasteiger partial charge < -0.3 is 15.0 Å². The number of nitro groups is 1. The molecular formula is C18H27N3O4. The lowest BCUT2D eigenvalue weighted by molar-refractivity contribution is -0.384. The predicted molar refractivity (Wildman–Crippen MR) is 97.2 cm³/mol. The van der Waals surface area contributed by atoms with Crippen LogP contribution in [0, 0.1) is 10.1 Å². The second-order valence-corrected chi connectivity index (χ2v) is 8.07. The molecule has 1 fully saturated rings. The minimum atomic E-state index is -0.434. The van der Waals surface area contributed by atoms with Crippen molar-refractivity contribution in [2.75, 3.05) is 18.0 Å². The molecule has 0 aliphatic carbocycles. The number of nitrogens with zero attached hydrogens (tertiary/aromatic N) is 2. The normalized spacial score (nSPS) is 18.9. The Morgan fingerprint density at radius 2 is 1.80 bits per heavy atom. The summed E-state index contributed by atoms with van der Waals surface area (Å²) in [5.41, 5.74) is -0.122. The van der Waals surface area contributed by atoms with Gasteiger partial charge in [-0.3, -0.25) is 14.9 Å². The quantitative estimate of drug-likeness (QED) is 0.667. The number of carbonyl (C=O) groups excluding carboxylic acids is 1. The summed E-state index contributed by atoms with van der Waals surface area (Å²) in [5.74, 6) is -0.313. The zero-order valence-electron chi connectivity index (χ0n) is 15.8. The van der Waals surface area contributed by atoms with Gasteiger partial charge in [-0.05, 0) is 53.7 Å². The monoisotopic (exact) mass is 349 g/mol. The number of ether oxygens (including phenoxy) is 1. The van der Waals surface area contributed by atoms with Gasteiger partial charge in [0.1, 0.15) is 5.69 Å². The third kappa shape index (κ3) is 4.69. The number of benzene rings is 1. The molecule has 0 aromatic heterocycles. The number of anilines is 1. The summed E-state index contributed by atoms with van der Waals surface area (Å²) >= 11 is 0. The number of rotatable bonds is 4. The van der Waals surface area contributed by atoms with E-state index in [-0.39, 0.29) is 23.2 Å². The second-order valence-electron chi connectivity index (χ2n) is 8.07. The molecule has 1 aromatic carbocycles. The summed E-state index contributed by atoms with van der Waals surface area (Å²) in [4.78, 5) is 25.3. The summed E-state index contributed by atoms with van der Waals surface area (Å²) in [7, 11) is 0. The van der Waals surface area contributed by atoms with Gasteiger partial charge in [0.05, 0.1) is 16.1 Å². The van der Waals surface area contributed by atoms with Gasteiger partial charge in [-0.15, -0.1) is 0 Å². The van der Waals surface area contributed by atoms with Crippen LogP contribution in [-0.4, -0.2) is 41.2 Å². The Morgan fingerprint density at radius 1 is 1.24 bits per heavy atom. The predicted octanol–water partition coefficient (Wildman–Crippen LogP) is 3.13. The first kappa shape index (κ1) is 19.2. The van der Waals surface area contributed by atoms with E-state index in [1.807, 2.05) is 46.4 Å². The highest BCUT2D eigenvalue weighted by Gasteiger charge is 2.40. The SMILES string of the molecule is CC(C)NC(=O)c1ccc(N2CC(C)(C)OC(C)(C)C2)c([N+](=O)[O-])c1. The standard InChI is InChI=1S/C18H27N3O4/c1-12(2)19-16(22)13-7-8-14(15(9-13)21(23)24)20-10-17(3,4)25-18(5,6)11-20/h7-9,12H,10-11H2,1-6H3,(H,19,22). The molecule has 0 saturated carbocycles. The Bertz CT molecular complexity index is 667. The van der Waals surface area contributed by atoms with Gasteiger partial charge in [-0.2, -0.15) is 0 Å². The Labute approximate surface area is 148 Å². The van der Waals surface area contributed by atoms with Gasteiger partial charge in [0.15, 0.2) is 0 Å².